The number of carbonyl (C=O) groups is 1. The molecule has 0 aliphatic carbocycles. The number of nitrogens with one attached hydrogen (secondary N) is 1. The highest BCUT2D eigenvalue weighted by Gasteiger charge is 2.32. The normalized spacial score (nSPS) is 19.3. The quantitative estimate of drug-likeness (QED) is 0.904. The van der Waals surface area contributed by atoms with Gasteiger partial charge in [-0.25, -0.2) is 0 Å². The summed E-state index contributed by atoms with van der Waals surface area (Å²) in [5.41, 5.74) is 4.77. The zero-order chi connectivity index (χ0) is 17.3. The van der Waals surface area contributed by atoms with Gasteiger partial charge in [0, 0.05) is 24.3 Å². The Bertz CT molecular complexity index is 805. The van der Waals surface area contributed by atoms with Gasteiger partial charge < -0.3 is 10.2 Å². The smallest absolute Gasteiger partial charge is 0.224 e. The Morgan fingerprint density at radius 2 is 1.96 bits per heavy atom. The fourth-order valence-corrected chi connectivity index (χ4v) is 3.40. The van der Waals surface area contributed by atoms with Gasteiger partial charge in [-0.05, 0) is 56.2 Å². The van der Waals surface area contributed by atoms with Crippen LogP contribution in [0.4, 0.5) is 11.4 Å². The fraction of sp³-hybridized carbons (Fsp3) is 0.300. The van der Waals surface area contributed by atoms with Crippen LogP contribution in [0.1, 0.15) is 43.0 Å². The number of hydrogen-bond acceptors (Lipinski definition) is 3. The standard InChI is InChI=1S/C20H21N3O/c1-13-4-7-17(8-5-13)22-19-10-14(2)23(15(3)24)20-9-6-16(12-21)11-18(19)20/h4-9,11,14,19,22H,10H2,1-3H3. The second kappa shape index (κ2) is 6.37. The molecule has 0 bridgehead atoms. The molecule has 2 unspecified atom stereocenters. The Morgan fingerprint density at radius 1 is 1.25 bits per heavy atom. The molecule has 0 saturated heterocycles. The van der Waals surface area contributed by atoms with Gasteiger partial charge in [-0.2, -0.15) is 5.26 Å². The number of benzene rings is 2. The number of fused-ring (bicyclic) bond motifs is 1. The van der Waals surface area contributed by atoms with Crippen molar-refractivity contribution in [3.8, 4) is 6.07 Å². The lowest BCUT2D eigenvalue weighted by atomic mass is 9.90. The molecule has 24 heavy (non-hydrogen) atoms. The van der Waals surface area contributed by atoms with Crippen molar-refractivity contribution in [1.82, 2.24) is 0 Å². The SMILES string of the molecule is CC(=O)N1c2ccc(C#N)cc2C(Nc2ccc(C)cc2)CC1C. The van der Waals surface area contributed by atoms with E-state index in [1.165, 1.54) is 5.56 Å². The number of anilines is 2. The lowest BCUT2D eigenvalue weighted by Crippen LogP contribution is -2.43. The summed E-state index contributed by atoms with van der Waals surface area (Å²) in [6.07, 6.45) is 0.801. The van der Waals surface area contributed by atoms with Crippen molar-refractivity contribution in [2.45, 2.75) is 39.3 Å². The van der Waals surface area contributed by atoms with E-state index in [1.54, 1.807) is 13.0 Å². The van der Waals surface area contributed by atoms with Gasteiger partial charge in [0.15, 0.2) is 0 Å². The third kappa shape index (κ3) is 2.98. The van der Waals surface area contributed by atoms with Crippen LogP contribution in [0.2, 0.25) is 0 Å². The van der Waals surface area contributed by atoms with Crippen LogP contribution >= 0.6 is 0 Å². The van der Waals surface area contributed by atoms with Gasteiger partial charge in [0.1, 0.15) is 0 Å². The first-order valence-corrected chi connectivity index (χ1v) is 8.16. The van der Waals surface area contributed by atoms with Crippen LogP contribution in [0.5, 0.6) is 0 Å². The molecule has 3 rings (SSSR count). The number of nitrogens with zero attached hydrogens (tertiary/aromatic N) is 2. The van der Waals surface area contributed by atoms with E-state index in [4.69, 9.17) is 0 Å². The topological polar surface area (TPSA) is 56.1 Å². The summed E-state index contributed by atoms with van der Waals surface area (Å²) in [4.78, 5) is 13.9. The summed E-state index contributed by atoms with van der Waals surface area (Å²) in [6.45, 7) is 5.71. The lowest BCUT2D eigenvalue weighted by molar-refractivity contribution is -0.117. The van der Waals surface area contributed by atoms with Crippen molar-refractivity contribution in [1.29, 1.82) is 5.26 Å². The molecule has 0 spiro atoms. The Kier molecular flexibility index (Phi) is 4.26. The summed E-state index contributed by atoms with van der Waals surface area (Å²) >= 11 is 0. The van der Waals surface area contributed by atoms with Crippen LogP contribution in [-0.4, -0.2) is 11.9 Å². The van der Waals surface area contributed by atoms with Crippen molar-refractivity contribution in [2.24, 2.45) is 0 Å². The molecule has 0 saturated carbocycles. The van der Waals surface area contributed by atoms with Crippen molar-refractivity contribution in [3.05, 3.63) is 59.2 Å². The van der Waals surface area contributed by atoms with E-state index in [2.05, 4.69) is 49.5 Å². The van der Waals surface area contributed by atoms with Crippen LogP contribution in [0.15, 0.2) is 42.5 Å². The molecule has 1 amide bonds. The first-order chi connectivity index (χ1) is 11.5. The van der Waals surface area contributed by atoms with E-state index >= 15 is 0 Å². The van der Waals surface area contributed by atoms with Gasteiger partial charge in [0.25, 0.3) is 0 Å². The molecule has 4 heteroatoms. The van der Waals surface area contributed by atoms with Gasteiger partial charge in [0.2, 0.25) is 5.91 Å². The largest absolute Gasteiger partial charge is 0.378 e. The average molecular weight is 319 g/mol. The molecule has 1 heterocycles. The molecule has 2 aromatic carbocycles. The van der Waals surface area contributed by atoms with Crippen molar-refractivity contribution >= 4 is 17.3 Å². The summed E-state index contributed by atoms with van der Waals surface area (Å²) in [5, 5.41) is 12.8. The molecule has 1 aliphatic rings. The monoisotopic (exact) mass is 319 g/mol. The molecule has 2 atom stereocenters. The summed E-state index contributed by atoms with van der Waals surface area (Å²) in [5.74, 6) is 0.0299. The van der Waals surface area contributed by atoms with E-state index in [1.807, 2.05) is 17.0 Å². The van der Waals surface area contributed by atoms with E-state index in [0.717, 1.165) is 23.4 Å². The van der Waals surface area contributed by atoms with Gasteiger partial charge in [-0.15, -0.1) is 0 Å². The maximum atomic E-state index is 12.1. The first-order valence-electron chi connectivity index (χ1n) is 8.16. The molecule has 4 nitrogen and oxygen atoms in total. The number of rotatable bonds is 2. The predicted molar refractivity (Wildman–Crippen MR) is 95.9 cm³/mol. The molecule has 2 aromatic rings. The number of amides is 1. The van der Waals surface area contributed by atoms with Gasteiger partial charge in [-0.3, -0.25) is 4.79 Å². The third-order valence-corrected chi connectivity index (χ3v) is 4.54. The molecule has 122 valence electrons. The van der Waals surface area contributed by atoms with Crippen molar-refractivity contribution in [3.63, 3.8) is 0 Å². The number of aryl methyl sites for hydroxylation is 1. The highest BCUT2D eigenvalue weighted by Crippen LogP contribution is 2.39. The van der Waals surface area contributed by atoms with E-state index in [9.17, 15) is 10.1 Å². The minimum Gasteiger partial charge on any atom is -0.378 e. The summed E-state index contributed by atoms with van der Waals surface area (Å²) in [7, 11) is 0. The zero-order valence-corrected chi connectivity index (χ0v) is 14.2. The van der Waals surface area contributed by atoms with E-state index in [0.29, 0.717) is 5.56 Å². The van der Waals surface area contributed by atoms with Gasteiger partial charge in [-0.1, -0.05) is 17.7 Å². The molecular formula is C20H21N3O. The maximum absolute atomic E-state index is 12.1. The van der Waals surface area contributed by atoms with Crippen LogP contribution in [0.25, 0.3) is 0 Å². The molecule has 1 aliphatic heterocycles. The molecule has 1 N–H and O–H groups in total. The summed E-state index contributed by atoms with van der Waals surface area (Å²) in [6, 6.07) is 16.2. The van der Waals surface area contributed by atoms with Crippen LogP contribution in [0, 0.1) is 18.3 Å². The fourth-order valence-electron chi connectivity index (χ4n) is 3.40. The minimum atomic E-state index is 0.0299. The first kappa shape index (κ1) is 16.1. The second-order valence-corrected chi connectivity index (χ2v) is 6.42. The number of hydrogen-bond donors (Lipinski definition) is 1. The Labute approximate surface area is 142 Å². The van der Waals surface area contributed by atoms with Crippen LogP contribution < -0.4 is 10.2 Å². The highest BCUT2D eigenvalue weighted by molar-refractivity contribution is 5.94. The number of carbonyl (C=O) groups excluding carboxylic acids is 1. The molecule has 0 aromatic heterocycles. The molecule has 0 radical (unpaired) electrons. The Hall–Kier alpha value is -2.80. The third-order valence-electron chi connectivity index (χ3n) is 4.54. The van der Waals surface area contributed by atoms with Gasteiger partial charge in [0.05, 0.1) is 17.7 Å². The minimum absolute atomic E-state index is 0.0299. The lowest BCUT2D eigenvalue weighted by Gasteiger charge is -2.39. The molecular weight excluding hydrogens is 298 g/mol. The molecule has 0 fully saturated rings. The second-order valence-electron chi connectivity index (χ2n) is 6.42. The van der Waals surface area contributed by atoms with E-state index < -0.39 is 0 Å². The zero-order valence-electron chi connectivity index (χ0n) is 14.2. The van der Waals surface area contributed by atoms with Crippen LogP contribution in [0.3, 0.4) is 0 Å². The van der Waals surface area contributed by atoms with E-state index in [-0.39, 0.29) is 18.0 Å². The Morgan fingerprint density at radius 3 is 2.58 bits per heavy atom. The number of nitriles is 1. The summed E-state index contributed by atoms with van der Waals surface area (Å²) < 4.78 is 0. The van der Waals surface area contributed by atoms with Gasteiger partial charge >= 0.3 is 0 Å². The maximum Gasteiger partial charge on any atom is 0.224 e. The van der Waals surface area contributed by atoms with Crippen molar-refractivity contribution < 1.29 is 4.79 Å². The highest BCUT2D eigenvalue weighted by atomic mass is 16.2. The predicted octanol–water partition coefficient (Wildman–Crippen LogP) is 4.17. The van der Waals surface area contributed by atoms with Crippen molar-refractivity contribution in [2.75, 3.05) is 10.2 Å². The van der Waals surface area contributed by atoms with Crippen LogP contribution in [-0.2, 0) is 4.79 Å². The average Bonchev–Trinajstić information content (AvgIpc) is 2.56. The Balaban J connectivity index is 2.01.